The molecule has 0 aliphatic heterocycles. The zero-order valence-corrected chi connectivity index (χ0v) is 8.86. The summed E-state index contributed by atoms with van der Waals surface area (Å²) in [6, 6.07) is 3.56. The summed E-state index contributed by atoms with van der Waals surface area (Å²) in [6.07, 6.45) is 1.54. The molecule has 1 unspecified atom stereocenters. The van der Waals surface area contributed by atoms with Crippen LogP contribution in [0.1, 0.15) is 17.4 Å². The molecule has 15 heavy (non-hydrogen) atoms. The van der Waals surface area contributed by atoms with Crippen molar-refractivity contribution in [2.45, 2.75) is 13.0 Å². The maximum Gasteiger partial charge on any atom is 0.267 e. The molecule has 82 valence electrons. The van der Waals surface area contributed by atoms with Crippen LogP contribution >= 0.6 is 0 Å². The molecule has 1 aromatic heterocycles. The molecule has 0 fully saturated rings. The number of hydrogen-bond acceptors (Lipinski definition) is 4. The van der Waals surface area contributed by atoms with Crippen LogP contribution in [-0.4, -0.2) is 30.6 Å². The third-order valence-electron chi connectivity index (χ3n) is 1.84. The van der Waals surface area contributed by atoms with E-state index in [2.05, 4.69) is 10.3 Å². The second-order valence-corrected chi connectivity index (χ2v) is 3.29. The molecule has 1 atom stereocenters. The van der Waals surface area contributed by atoms with E-state index in [0.29, 0.717) is 6.61 Å². The average molecular weight is 209 g/mol. The van der Waals surface area contributed by atoms with Crippen molar-refractivity contribution in [1.82, 2.24) is 4.98 Å². The van der Waals surface area contributed by atoms with Gasteiger partial charge in [-0.3, -0.25) is 9.78 Å². The first kappa shape index (κ1) is 11.5. The van der Waals surface area contributed by atoms with Crippen LogP contribution in [0.3, 0.4) is 0 Å². The van der Waals surface area contributed by atoms with Crippen molar-refractivity contribution in [3.8, 4) is 0 Å². The Bertz CT molecular complexity index is 341. The van der Waals surface area contributed by atoms with Crippen molar-refractivity contribution < 1.29 is 9.53 Å². The summed E-state index contributed by atoms with van der Waals surface area (Å²) in [5.41, 5.74) is 6.18. The fraction of sp³-hybridized carbons (Fsp3) is 0.400. The van der Waals surface area contributed by atoms with Gasteiger partial charge in [-0.15, -0.1) is 0 Å². The van der Waals surface area contributed by atoms with Crippen LogP contribution in [0.25, 0.3) is 0 Å². The molecule has 1 heterocycles. The first-order valence-electron chi connectivity index (χ1n) is 4.65. The summed E-state index contributed by atoms with van der Waals surface area (Å²) in [5.74, 6) is -0.530. The van der Waals surface area contributed by atoms with Gasteiger partial charge < -0.3 is 15.8 Å². The molecule has 5 nitrogen and oxygen atoms in total. The summed E-state index contributed by atoms with van der Waals surface area (Å²) >= 11 is 0. The van der Waals surface area contributed by atoms with Gasteiger partial charge in [0.15, 0.2) is 0 Å². The van der Waals surface area contributed by atoms with Crippen LogP contribution in [0.4, 0.5) is 5.69 Å². The molecule has 5 heteroatoms. The highest BCUT2D eigenvalue weighted by Crippen LogP contribution is 2.09. The Morgan fingerprint density at radius 2 is 2.47 bits per heavy atom. The van der Waals surface area contributed by atoms with Crippen LogP contribution in [0.2, 0.25) is 0 Å². The number of amides is 1. The zero-order valence-electron chi connectivity index (χ0n) is 8.86. The van der Waals surface area contributed by atoms with Crippen LogP contribution in [0.5, 0.6) is 0 Å². The molecule has 0 spiro atoms. The van der Waals surface area contributed by atoms with Crippen LogP contribution in [-0.2, 0) is 4.74 Å². The highest BCUT2D eigenvalue weighted by atomic mass is 16.5. The molecule has 0 radical (unpaired) electrons. The minimum Gasteiger partial charge on any atom is -0.383 e. The number of hydrogen-bond donors (Lipinski definition) is 2. The first-order chi connectivity index (χ1) is 7.13. The lowest BCUT2D eigenvalue weighted by Gasteiger charge is -2.14. The highest BCUT2D eigenvalue weighted by molar-refractivity contribution is 5.91. The number of anilines is 1. The molecule has 0 saturated carbocycles. The number of rotatable bonds is 5. The van der Waals surface area contributed by atoms with Gasteiger partial charge in [0.1, 0.15) is 5.69 Å². The van der Waals surface area contributed by atoms with Gasteiger partial charge in [-0.2, -0.15) is 0 Å². The molecule has 3 N–H and O–H groups in total. The van der Waals surface area contributed by atoms with E-state index in [0.717, 1.165) is 5.69 Å². The Hall–Kier alpha value is -1.62. The van der Waals surface area contributed by atoms with E-state index in [9.17, 15) is 4.79 Å². The molecular formula is C10H15N3O2. The maximum atomic E-state index is 10.9. The summed E-state index contributed by atoms with van der Waals surface area (Å²) in [5, 5.41) is 3.17. The largest absolute Gasteiger partial charge is 0.383 e. The average Bonchev–Trinajstić information content (AvgIpc) is 2.18. The number of nitrogens with one attached hydrogen (secondary N) is 1. The Kier molecular flexibility index (Phi) is 4.05. The van der Waals surface area contributed by atoms with Gasteiger partial charge in [0.25, 0.3) is 5.91 Å². The molecule has 0 aromatic carbocycles. The number of nitrogens with zero attached hydrogens (tertiary/aromatic N) is 1. The fourth-order valence-electron chi connectivity index (χ4n) is 1.23. The predicted octanol–water partition coefficient (Wildman–Crippen LogP) is 0.627. The minimum absolute atomic E-state index is 0.165. The van der Waals surface area contributed by atoms with E-state index in [-0.39, 0.29) is 11.7 Å². The van der Waals surface area contributed by atoms with Crippen molar-refractivity contribution in [3.63, 3.8) is 0 Å². The van der Waals surface area contributed by atoms with E-state index in [1.807, 2.05) is 6.92 Å². The van der Waals surface area contributed by atoms with Crippen molar-refractivity contribution in [3.05, 3.63) is 24.0 Å². The van der Waals surface area contributed by atoms with Crippen molar-refractivity contribution >= 4 is 11.6 Å². The predicted molar refractivity (Wildman–Crippen MR) is 57.7 cm³/mol. The number of aromatic nitrogens is 1. The van der Waals surface area contributed by atoms with Gasteiger partial charge in [-0.25, -0.2) is 0 Å². The van der Waals surface area contributed by atoms with E-state index >= 15 is 0 Å². The van der Waals surface area contributed by atoms with Crippen molar-refractivity contribution in [2.75, 3.05) is 19.0 Å². The number of carbonyl (C=O) groups is 1. The maximum absolute atomic E-state index is 10.9. The molecule has 0 bridgehead atoms. The number of carbonyl (C=O) groups excluding carboxylic acids is 1. The lowest BCUT2D eigenvalue weighted by atomic mass is 10.2. The van der Waals surface area contributed by atoms with E-state index in [1.54, 1.807) is 25.4 Å². The number of ether oxygens (including phenoxy) is 1. The Morgan fingerprint density at radius 1 is 1.73 bits per heavy atom. The van der Waals surface area contributed by atoms with E-state index in [1.165, 1.54) is 0 Å². The van der Waals surface area contributed by atoms with E-state index in [4.69, 9.17) is 10.5 Å². The highest BCUT2D eigenvalue weighted by Gasteiger charge is 2.05. The number of pyridine rings is 1. The quantitative estimate of drug-likeness (QED) is 0.745. The monoisotopic (exact) mass is 209 g/mol. The second kappa shape index (κ2) is 5.31. The normalized spacial score (nSPS) is 12.1. The number of primary amides is 1. The Morgan fingerprint density at radius 3 is 3.07 bits per heavy atom. The van der Waals surface area contributed by atoms with Gasteiger partial charge in [0.05, 0.1) is 6.61 Å². The van der Waals surface area contributed by atoms with Gasteiger partial charge in [-0.1, -0.05) is 0 Å². The molecule has 0 aliphatic rings. The molecule has 1 aromatic rings. The molecule has 0 saturated heterocycles. The topological polar surface area (TPSA) is 77.2 Å². The molecule has 1 amide bonds. The van der Waals surface area contributed by atoms with Gasteiger partial charge in [0, 0.05) is 25.0 Å². The Labute approximate surface area is 88.6 Å². The van der Waals surface area contributed by atoms with Crippen molar-refractivity contribution in [1.29, 1.82) is 0 Å². The molecular weight excluding hydrogens is 194 g/mol. The summed E-state index contributed by atoms with van der Waals surface area (Å²) in [7, 11) is 1.64. The Balaban J connectivity index is 2.69. The smallest absolute Gasteiger partial charge is 0.267 e. The SMILES string of the molecule is COCC(C)Nc1ccnc(C(N)=O)c1. The number of nitrogens with two attached hydrogens (primary N) is 1. The summed E-state index contributed by atoms with van der Waals surface area (Å²) in [4.78, 5) is 14.7. The molecule has 0 aliphatic carbocycles. The van der Waals surface area contributed by atoms with Gasteiger partial charge in [0.2, 0.25) is 0 Å². The van der Waals surface area contributed by atoms with Gasteiger partial charge in [-0.05, 0) is 19.1 Å². The fourth-order valence-corrected chi connectivity index (χ4v) is 1.23. The minimum atomic E-state index is -0.530. The third-order valence-corrected chi connectivity index (χ3v) is 1.84. The van der Waals surface area contributed by atoms with Crippen molar-refractivity contribution in [2.24, 2.45) is 5.73 Å². The van der Waals surface area contributed by atoms with Gasteiger partial charge >= 0.3 is 0 Å². The molecule has 1 rings (SSSR count). The van der Waals surface area contributed by atoms with Crippen LogP contribution < -0.4 is 11.1 Å². The second-order valence-electron chi connectivity index (χ2n) is 3.29. The standard InChI is InChI=1S/C10H15N3O2/c1-7(6-15-2)13-8-3-4-12-9(5-8)10(11)14/h3-5,7H,6H2,1-2H3,(H2,11,14)(H,12,13). The summed E-state index contributed by atoms with van der Waals surface area (Å²) in [6.45, 7) is 2.57. The van der Waals surface area contributed by atoms with Crippen LogP contribution in [0.15, 0.2) is 18.3 Å². The number of methoxy groups -OCH3 is 1. The zero-order chi connectivity index (χ0) is 11.3. The first-order valence-corrected chi connectivity index (χ1v) is 4.65. The van der Waals surface area contributed by atoms with E-state index < -0.39 is 5.91 Å². The third kappa shape index (κ3) is 3.55. The lowest BCUT2D eigenvalue weighted by Crippen LogP contribution is -2.21. The lowest BCUT2D eigenvalue weighted by molar-refractivity contribution is 0.0995. The summed E-state index contributed by atoms with van der Waals surface area (Å²) < 4.78 is 4.98. The van der Waals surface area contributed by atoms with Crippen LogP contribution in [0, 0.1) is 0 Å².